The van der Waals surface area contributed by atoms with Crippen LogP contribution in [0.5, 0.6) is 0 Å². The topological polar surface area (TPSA) is 51.0 Å². The molecular formula is C20H24N4OS. The lowest BCUT2D eigenvalue weighted by Crippen LogP contribution is -2.26. The molecule has 0 atom stereocenters. The number of carbonyl (C=O) groups excluding carboxylic acids is 1. The highest BCUT2D eigenvalue weighted by molar-refractivity contribution is 7.15. The zero-order valence-electron chi connectivity index (χ0n) is 15.7. The van der Waals surface area contributed by atoms with Gasteiger partial charge in [-0.05, 0) is 25.8 Å². The molecule has 2 aromatic heterocycles. The number of hydrogen-bond acceptors (Lipinski definition) is 4. The Kier molecular flexibility index (Phi) is 5.52. The number of nitrogens with zero attached hydrogens (tertiary/aromatic N) is 4. The van der Waals surface area contributed by atoms with Crippen molar-refractivity contribution in [3.8, 4) is 10.6 Å². The Hall–Kier alpha value is -2.47. The summed E-state index contributed by atoms with van der Waals surface area (Å²) in [6, 6.07) is 10.1. The largest absolute Gasteiger partial charge is 0.341 e. The molecule has 3 rings (SSSR count). The molecule has 136 valence electrons. The Morgan fingerprint density at radius 2 is 1.96 bits per heavy atom. The van der Waals surface area contributed by atoms with Crippen LogP contribution in [0.2, 0.25) is 0 Å². The SMILES string of the molecule is Cc1nn(C)c(C)c1CCC(=O)N(C)Cc1cnc(-c2ccccc2)s1. The molecule has 0 N–H and O–H groups in total. The second kappa shape index (κ2) is 7.83. The number of aromatic nitrogens is 3. The van der Waals surface area contributed by atoms with E-state index in [9.17, 15) is 4.79 Å². The van der Waals surface area contributed by atoms with Gasteiger partial charge in [-0.1, -0.05) is 30.3 Å². The fraction of sp³-hybridized carbons (Fsp3) is 0.350. The number of aryl methyl sites for hydroxylation is 2. The van der Waals surface area contributed by atoms with Gasteiger partial charge in [0.05, 0.1) is 12.2 Å². The van der Waals surface area contributed by atoms with Crippen molar-refractivity contribution in [3.63, 3.8) is 0 Å². The highest BCUT2D eigenvalue weighted by Gasteiger charge is 2.15. The van der Waals surface area contributed by atoms with Crippen LogP contribution >= 0.6 is 11.3 Å². The van der Waals surface area contributed by atoms with Crippen LogP contribution < -0.4 is 0 Å². The Morgan fingerprint density at radius 3 is 2.62 bits per heavy atom. The zero-order valence-corrected chi connectivity index (χ0v) is 16.5. The number of rotatable bonds is 6. The van der Waals surface area contributed by atoms with Gasteiger partial charge in [0.2, 0.25) is 5.91 Å². The smallest absolute Gasteiger partial charge is 0.222 e. The first-order chi connectivity index (χ1) is 12.5. The summed E-state index contributed by atoms with van der Waals surface area (Å²) in [5.74, 6) is 0.141. The molecule has 0 radical (unpaired) electrons. The fourth-order valence-electron chi connectivity index (χ4n) is 3.02. The molecule has 1 amide bonds. The van der Waals surface area contributed by atoms with Crippen LogP contribution in [0.15, 0.2) is 36.5 Å². The molecular weight excluding hydrogens is 344 g/mol. The van der Waals surface area contributed by atoms with Gasteiger partial charge >= 0.3 is 0 Å². The van der Waals surface area contributed by atoms with E-state index in [1.165, 1.54) is 5.56 Å². The molecule has 0 saturated carbocycles. The minimum atomic E-state index is 0.141. The Bertz CT molecular complexity index is 898. The van der Waals surface area contributed by atoms with E-state index in [1.54, 1.807) is 16.2 Å². The highest BCUT2D eigenvalue weighted by atomic mass is 32.1. The Labute approximate surface area is 158 Å². The van der Waals surface area contributed by atoms with Crippen LogP contribution in [-0.4, -0.2) is 32.6 Å². The summed E-state index contributed by atoms with van der Waals surface area (Å²) in [5.41, 5.74) is 4.43. The predicted molar refractivity (Wildman–Crippen MR) is 105 cm³/mol. The standard InChI is InChI=1S/C20H24N4OS/c1-14-18(15(2)24(4)22-14)10-11-19(25)23(3)13-17-12-21-20(26-17)16-8-6-5-7-9-16/h5-9,12H,10-11,13H2,1-4H3. The average Bonchev–Trinajstić information content (AvgIpc) is 3.19. The summed E-state index contributed by atoms with van der Waals surface area (Å²) < 4.78 is 1.88. The van der Waals surface area contributed by atoms with Gasteiger partial charge in [0.1, 0.15) is 5.01 Å². The van der Waals surface area contributed by atoms with E-state index in [2.05, 4.69) is 22.2 Å². The molecule has 0 saturated heterocycles. The van der Waals surface area contributed by atoms with Gasteiger partial charge in [-0.25, -0.2) is 4.98 Å². The number of amides is 1. The molecule has 0 bridgehead atoms. The molecule has 2 heterocycles. The summed E-state index contributed by atoms with van der Waals surface area (Å²) in [6.45, 7) is 4.64. The molecule has 1 aromatic carbocycles. The normalized spacial score (nSPS) is 10.9. The van der Waals surface area contributed by atoms with Crippen molar-refractivity contribution in [1.82, 2.24) is 19.7 Å². The Balaban J connectivity index is 1.58. The maximum Gasteiger partial charge on any atom is 0.222 e. The van der Waals surface area contributed by atoms with Gasteiger partial charge < -0.3 is 4.90 Å². The number of benzene rings is 1. The van der Waals surface area contributed by atoms with E-state index < -0.39 is 0 Å². The van der Waals surface area contributed by atoms with Crippen LogP contribution in [0.3, 0.4) is 0 Å². The summed E-state index contributed by atoms with van der Waals surface area (Å²) in [6.07, 6.45) is 3.09. The second-order valence-corrected chi connectivity index (χ2v) is 7.64. The van der Waals surface area contributed by atoms with Gasteiger partial charge in [-0.2, -0.15) is 5.10 Å². The molecule has 26 heavy (non-hydrogen) atoms. The third kappa shape index (κ3) is 4.02. The maximum atomic E-state index is 12.5. The van der Waals surface area contributed by atoms with Gasteiger partial charge in [0.15, 0.2) is 0 Å². The van der Waals surface area contributed by atoms with Crippen molar-refractivity contribution in [2.75, 3.05) is 7.05 Å². The van der Waals surface area contributed by atoms with Crippen LogP contribution in [0, 0.1) is 13.8 Å². The van der Waals surface area contributed by atoms with Crippen LogP contribution in [0.1, 0.15) is 28.2 Å². The van der Waals surface area contributed by atoms with Crippen molar-refractivity contribution < 1.29 is 4.79 Å². The fourth-order valence-corrected chi connectivity index (χ4v) is 3.99. The second-order valence-electron chi connectivity index (χ2n) is 6.52. The Morgan fingerprint density at radius 1 is 1.23 bits per heavy atom. The summed E-state index contributed by atoms with van der Waals surface area (Å²) >= 11 is 1.64. The van der Waals surface area contributed by atoms with E-state index in [4.69, 9.17) is 0 Å². The van der Waals surface area contributed by atoms with Crippen molar-refractivity contribution in [1.29, 1.82) is 0 Å². The summed E-state index contributed by atoms with van der Waals surface area (Å²) in [5, 5.41) is 5.41. The zero-order chi connectivity index (χ0) is 18.7. The minimum absolute atomic E-state index is 0.141. The maximum absolute atomic E-state index is 12.5. The van der Waals surface area contributed by atoms with Gasteiger partial charge in [-0.15, -0.1) is 11.3 Å². The molecule has 0 unspecified atom stereocenters. The van der Waals surface area contributed by atoms with Crippen LogP contribution in [-0.2, 0) is 24.8 Å². The molecule has 0 fully saturated rings. The van der Waals surface area contributed by atoms with Gasteiger partial charge in [-0.3, -0.25) is 9.48 Å². The van der Waals surface area contributed by atoms with E-state index in [0.29, 0.717) is 13.0 Å². The van der Waals surface area contributed by atoms with E-state index in [0.717, 1.165) is 33.3 Å². The van der Waals surface area contributed by atoms with Crippen molar-refractivity contribution >= 4 is 17.2 Å². The van der Waals surface area contributed by atoms with Crippen molar-refractivity contribution in [2.24, 2.45) is 7.05 Å². The lowest BCUT2D eigenvalue weighted by Gasteiger charge is -2.16. The number of thiazole rings is 1. The first-order valence-corrected chi connectivity index (χ1v) is 9.50. The molecule has 0 aliphatic heterocycles. The molecule has 3 aromatic rings. The molecule has 5 nitrogen and oxygen atoms in total. The van der Waals surface area contributed by atoms with E-state index in [1.807, 2.05) is 57.0 Å². The van der Waals surface area contributed by atoms with E-state index in [-0.39, 0.29) is 5.91 Å². The lowest BCUT2D eigenvalue weighted by atomic mass is 10.1. The molecule has 6 heteroatoms. The lowest BCUT2D eigenvalue weighted by molar-refractivity contribution is -0.130. The quantitative estimate of drug-likeness (QED) is 0.666. The highest BCUT2D eigenvalue weighted by Crippen LogP contribution is 2.25. The van der Waals surface area contributed by atoms with Crippen molar-refractivity contribution in [3.05, 3.63) is 58.4 Å². The first-order valence-electron chi connectivity index (χ1n) is 8.69. The average molecular weight is 369 g/mol. The minimum Gasteiger partial charge on any atom is -0.341 e. The predicted octanol–water partition coefficient (Wildman–Crippen LogP) is 3.75. The molecule has 0 spiro atoms. The third-order valence-electron chi connectivity index (χ3n) is 4.64. The first kappa shape index (κ1) is 18.3. The molecule has 0 aliphatic rings. The number of carbonyl (C=O) groups is 1. The summed E-state index contributed by atoms with van der Waals surface area (Å²) in [4.78, 5) is 19.9. The van der Waals surface area contributed by atoms with Crippen LogP contribution in [0.25, 0.3) is 10.6 Å². The number of hydrogen-bond donors (Lipinski definition) is 0. The molecule has 0 aliphatic carbocycles. The van der Waals surface area contributed by atoms with Crippen LogP contribution in [0.4, 0.5) is 0 Å². The summed E-state index contributed by atoms with van der Waals surface area (Å²) in [7, 11) is 3.79. The monoisotopic (exact) mass is 368 g/mol. The third-order valence-corrected chi connectivity index (χ3v) is 5.67. The van der Waals surface area contributed by atoms with Gasteiger partial charge in [0, 0.05) is 42.8 Å². The van der Waals surface area contributed by atoms with Crippen molar-refractivity contribution in [2.45, 2.75) is 33.2 Å². The van der Waals surface area contributed by atoms with Gasteiger partial charge in [0.25, 0.3) is 0 Å². The van der Waals surface area contributed by atoms with E-state index >= 15 is 0 Å².